The van der Waals surface area contributed by atoms with Gasteiger partial charge in [0.05, 0.1) is 5.41 Å². The first-order valence-corrected chi connectivity index (χ1v) is 18.0. The summed E-state index contributed by atoms with van der Waals surface area (Å²) in [5.41, 5.74) is 13.2. The Morgan fingerprint density at radius 2 is 0.925 bits per heavy atom. The molecule has 0 bridgehead atoms. The van der Waals surface area contributed by atoms with Crippen LogP contribution in [0.15, 0.2) is 185 Å². The molecule has 0 amide bonds. The lowest BCUT2D eigenvalue weighted by molar-refractivity contribution is 0.436. The van der Waals surface area contributed by atoms with Crippen molar-refractivity contribution in [1.82, 2.24) is 0 Å². The molecule has 0 fully saturated rings. The van der Waals surface area contributed by atoms with Gasteiger partial charge >= 0.3 is 0 Å². The van der Waals surface area contributed by atoms with Gasteiger partial charge in [-0.05, 0) is 95.1 Å². The molecule has 8 aromatic carbocycles. The van der Waals surface area contributed by atoms with Gasteiger partial charge in [-0.2, -0.15) is 0 Å². The molecule has 2 aromatic heterocycles. The number of anilines is 3. The molecular weight excluding hydrogens is 651 g/mol. The van der Waals surface area contributed by atoms with Crippen LogP contribution in [0.2, 0.25) is 0 Å². The zero-order valence-corrected chi connectivity index (χ0v) is 28.4. The van der Waals surface area contributed by atoms with Crippen LogP contribution < -0.4 is 9.64 Å². The van der Waals surface area contributed by atoms with E-state index in [1.54, 1.807) is 0 Å². The Hall–Kier alpha value is -7.04. The van der Waals surface area contributed by atoms with Gasteiger partial charge < -0.3 is 18.5 Å². The highest BCUT2D eigenvalue weighted by Gasteiger charge is 2.51. The molecule has 0 radical (unpaired) electrons. The molecule has 0 atom stereocenters. The van der Waals surface area contributed by atoms with Crippen molar-refractivity contribution >= 4 is 60.9 Å². The van der Waals surface area contributed by atoms with E-state index in [0.29, 0.717) is 0 Å². The standard InChI is InChI=1S/C49H29NO3/c1-2-12-30(13-3-1)50(32-22-24-35-34-15-5-9-19-43(34)51-47(35)27-32)31-23-25-44-37(26-31)38-28-42-36(29-48(38)52-44)33-14-4-6-16-39(33)49(42)40-17-7-10-20-45(40)53-46-21-11-8-18-41(46)49/h1-29H. The van der Waals surface area contributed by atoms with E-state index in [1.165, 1.54) is 22.3 Å². The number of furan rings is 2. The SMILES string of the molecule is c1ccc(N(c2ccc3c(c2)oc2ccccc23)c2ccc3oc4cc5c(cc4c3c2)C2(c3ccccc3Oc3ccccc32)c2ccccc2-5)cc1. The van der Waals surface area contributed by atoms with Crippen LogP contribution in [0.25, 0.3) is 55.0 Å². The zero-order valence-electron chi connectivity index (χ0n) is 28.4. The van der Waals surface area contributed by atoms with E-state index in [9.17, 15) is 0 Å². The van der Waals surface area contributed by atoms with E-state index in [2.05, 4.69) is 169 Å². The molecule has 0 unspecified atom stereocenters. The molecule has 0 saturated heterocycles. The Labute approximate surface area is 304 Å². The van der Waals surface area contributed by atoms with Crippen molar-refractivity contribution in [3.63, 3.8) is 0 Å². The third-order valence-corrected chi connectivity index (χ3v) is 11.3. The highest BCUT2D eigenvalue weighted by atomic mass is 16.5. The second-order valence-electron chi connectivity index (χ2n) is 14.0. The van der Waals surface area contributed by atoms with Crippen molar-refractivity contribution in [1.29, 1.82) is 0 Å². The molecule has 1 aliphatic carbocycles. The number of hydrogen-bond donors (Lipinski definition) is 0. The van der Waals surface area contributed by atoms with Crippen molar-refractivity contribution in [2.75, 3.05) is 4.90 Å². The highest BCUT2D eigenvalue weighted by Crippen LogP contribution is 2.62. The van der Waals surface area contributed by atoms with Crippen molar-refractivity contribution in [2.24, 2.45) is 0 Å². The Morgan fingerprint density at radius 3 is 1.74 bits per heavy atom. The first-order chi connectivity index (χ1) is 26.3. The Morgan fingerprint density at radius 1 is 0.340 bits per heavy atom. The molecule has 12 rings (SSSR count). The van der Waals surface area contributed by atoms with Crippen molar-refractivity contribution in [2.45, 2.75) is 5.41 Å². The van der Waals surface area contributed by atoms with Crippen LogP contribution in [0.4, 0.5) is 17.1 Å². The minimum atomic E-state index is -0.551. The normalized spacial score (nSPS) is 13.6. The fraction of sp³-hybridized carbons (Fsp3) is 0.0204. The molecule has 0 saturated carbocycles. The second kappa shape index (κ2) is 10.5. The van der Waals surface area contributed by atoms with Crippen LogP contribution in [-0.2, 0) is 5.41 Å². The van der Waals surface area contributed by atoms with E-state index in [4.69, 9.17) is 13.6 Å². The summed E-state index contributed by atoms with van der Waals surface area (Å²) in [6, 6.07) is 62.2. The predicted octanol–water partition coefficient (Wildman–Crippen LogP) is 13.4. The molecule has 1 aliphatic heterocycles. The lowest BCUT2D eigenvalue weighted by Gasteiger charge is -2.39. The zero-order chi connectivity index (χ0) is 34.7. The fourth-order valence-electron chi connectivity index (χ4n) is 9.13. The number of benzene rings is 8. The summed E-state index contributed by atoms with van der Waals surface area (Å²) in [6.07, 6.45) is 0. The van der Waals surface area contributed by atoms with Crippen LogP contribution in [0.3, 0.4) is 0 Å². The minimum absolute atomic E-state index is 0.551. The maximum absolute atomic E-state index is 6.69. The van der Waals surface area contributed by atoms with E-state index in [0.717, 1.165) is 83.6 Å². The fourth-order valence-corrected chi connectivity index (χ4v) is 9.13. The molecule has 2 aliphatic rings. The van der Waals surface area contributed by atoms with Crippen molar-refractivity contribution in [3.8, 4) is 22.6 Å². The molecule has 10 aromatic rings. The average Bonchev–Trinajstić information content (AvgIpc) is 3.85. The molecule has 0 N–H and O–H groups in total. The maximum atomic E-state index is 6.69. The molecular formula is C49H29NO3. The van der Waals surface area contributed by atoms with Crippen LogP contribution >= 0.6 is 0 Å². The summed E-state index contributed by atoms with van der Waals surface area (Å²) in [7, 11) is 0. The van der Waals surface area contributed by atoms with Gasteiger partial charge in [-0.1, -0.05) is 97.1 Å². The summed E-state index contributed by atoms with van der Waals surface area (Å²) >= 11 is 0. The van der Waals surface area contributed by atoms with Gasteiger partial charge in [-0.3, -0.25) is 0 Å². The molecule has 1 spiro atoms. The number of fused-ring (bicyclic) bond motifs is 15. The summed E-state index contributed by atoms with van der Waals surface area (Å²) in [5.74, 6) is 1.77. The lowest BCUT2D eigenvalue weighted by atomic mass is 9.66. The molecule has 4 nitrogen and oxygen atoms in total. The Kier molecular flexibility index (Phi) is 5.67. The summed E-state index contributed by atoms with van der Waals surface area (Å²) in [5, 5.41) is 4.36. The van der Waals surface area contributed by atoms with E-state index in [-0.39, 0.29) is 0 Å². The topological polar surface area (TPSA) is 38.8 Å². The predicted molar refractivity (Wildman–Crippen MR) is 213 cm³/mol. The first-order valence-electron chi connectivity index (χ1n) is 18.0. The van der Waals surface area contributed by atoms with Gasteiger partial charge in [-0.25, -0.2) is 0 Å². The highest BCUT2D eigenvalue weighted by molar-refractivity contribution is 6.10. The van der Waals surface area contributed by atoms with Gasteiger partial charge in [0.2, 0.25) is 0 Å². The van der Waals surface area contributed by atoms with Crippen LogP contribution in [0.5, 0.6) is 11.5 Å². The van der Waals surface area contributed by atoms with Crippen molar-refractivity contribution < 1.29 is 13.6 Å². The molecule has 3 heterocycles. The summed E-state index contributed by atoms with van der Waals surface area (Å²) in [4.78, 5) is 2.29. The number of para-hydroxylation sites is 4. The average molecular weight is 680 g/mol. The van der Waals surface area contributed by atoms with E-state index >= 15 is 0 Å². The Balaban J connectivity index is 1.11. The molecule has 53 heavy (non-hydrogen) atoms. The van der Waals surface area contributed by atoms with Gasteiger partial charge in [0.25, 0.3) is 0 Å². The smallest absolute Gasteiger partial charge is 0.137 e. The lowest BCUT2D eigenvalue weighted by Crippen LogP contribution is -2.32. The number of nitrogens with zero attached hydrogens (tertiary/aromatic N) is 1. The largest absolute Gasteiger partial charge is 0.457 e. The number of hydrogen-bond acceptors (Lipinski definition) is 4. The number of rotatable bonds is 3. The van der Waals surface area contributed by atoms with Crippen LogP contribution in [0, 0.1) is 0 Å². The third kappa shape index (κ3) is 3.84. The third-order valence-electron chi connectivity index (χ3n) is 11.3. The monoisotopic (exact) mass is 679 g/mol. The first kappa shape index (κ1) is 28.6. The minimum Gasteiger partial charge on any atom is -0.457 e. The van der Waals surface area contributed by atoms with E-state index in [1.807, 2.05) is 12.1 Å². The molecule has 248 valence electrons. The van der Waals surface area contributed by atoms with Gasteiger partial charge in [0.1, 0.15) is 33.8 Å². The van der Waals surface area contributed by atoms with Gasteiger partial charge in [0.15, 0.2) is 0 Å². The van der Waals surface area contributed by atoms with E-state index < -0.39 is 5.41 Å². The number of ether oxygens (including phenoxy) is 1. The summed E-state index contributed by atoms with van der Waals surface area (Å²) < 4.78 is 19.6. The van der Waals surface area contributed by atoms with Crippen LogP contribution in [-0.4, -0.2) is 0 Å². The quantitative estimate of drug-likeness (QED) is 0.186. The maximum Gasteiger partial charge on any atom is 0.137 e. The molecule has 4 heteroatoms. The summed E-state index contributed by atoms with van der Waals surface area (Å²) in [6.45, 7) is 0. The van der Waals surface area contributed by atoms with Crippen molar-refractivity contribution in [3.05, 3.63) is 198 Å². The van der Waals surface area contributed by atoms with Crippen LogP contribution in [0.1, 0.15) is 22.3 Å². The Bertz CT molecular complexity index is 3070. The second-order valence-corrected chi connectivity index (χ2v) is 14.0. The van der Waals surface area contributed by atoms with Gasteiger partial charge in [-0.15, -0.1) is 0 Å². The van der Waals surface area contributed by atoms with Gasteiger partial charge in [0, 0.05) is 55.8 Å².